The lowest BCUT2D eigenvalue weighted by Crippen LogP contribution is -2.33. The molecule has 0 atom stereocenters. The third-order valence-electron chi connectivity index (χ3n) is 2.38. The van der Waals surface area contributed by atoms with Gasteiger partial charge in [-0.25, -0.2) is 13.8 Å². The van der Waals surface area contributed by atoms with Crippen LogP contribution in [0.2, 0.25) is 0 Å². The molecule has 0 saturated heterocycles. The first-order valence-electron chi connectivity index (χ1n) is 5.85. The molecule has 106 valence electrons. The van der Waals surface area contributed by atoms with Gasteiger partial charge in [-0.05, 0) is 13.0 Å². The lowest BCUT2D eigenvalue weighted by Gasteiger charge is -2.19. The van der Waals surface area contributed by atoms with E-state index in [0.717, 1.165) is 0 Å². The van der Waals surface area contributed by atoms with Gasteiger partial charge in [0.25, 0.3) is 12.3 Å². The molecular weight excluding hydrogens is 258 g/mol. The van der Waals surface area contributed by atoms with Crippen molar-refractivity contribution in [2.75, 3.05) is 26.3 Å². The summed E-state index contributed by atoms with van der Waals surface area (Å²) in [5, 5.41) is 8.85. The molecule has 0 aliphatic rings. The summed E-state index contributed by atoms with van der Waals surface area (Å²) >= 11 is 0. The Morgan fingerprint density at radius 1 is 1.58 bits per heavy atom. The molecule has 1 amide bonds. The minimum absolute atomic E-state index is 0.0220. The first-order valence-corrected chi connectivity index (χ1v) is 5.85. The number of alkyl halides is 2. The maximum Gasteiger partial charge on any atom is 0.272 e. The quantitative estimate of drug-likeness (QED) is 0.811. The normalized spacial score (nSPS) is 10.6. The molecule has 1 aromatic heterocycles. The second-order valence-corrected chi connectivity index (χ2v) is 3.69. The van der Waals surface area contributed by atoms with Crippen molar-refractivity contribution in [3.8, 4) is 5.88 Å². The van der Waals surface area contributed by atoms with Gasteiger partial charge in [-0.3, -0.25) is 4.79 Å². The van der Waals surface area contributed by atoms with E-state index in [4.69, 9.17) is 9.84 Å². The fourth-order valence-electron chi connectivity index (χ4n) is 1.48. The molecule has 0 fully saturated rings. The molecular formula is C12H16F2N2O3. The molecule has 1 aromatic rings. The minimum Gasteiger partial charge on any atom is -0.472 e. The van der Waals surface area contributed by atoms with Crippen LogP contribution >= 0.6 is 0 Å². The highest BCUT2D eigenvalue weighted by Crippen LogP contribution is 2.12. The van der Waals surface area contributed by atoms with Crippen LogP contribution in [0, 0.1) is 0 Å². The smallest absolute Gasteiger partial charge is 0.272 e. The number of rotatable bonds is 7. The van der Waals surface area contributed by atoms with Crippen molar-refractivity contribution in [1.29, 1.82) is 0 Å². The van der Waals surface area contributed by atoms with E-state index in [-0.39, 0.29) is 30.5 Å². The first-order chi connectivity index (χ1) is 9.08. The SMILES string of the molecule is CCN(CCO)C(=O)c1ccnc(OCC(F)F)c1. The number of ether oxygens (including phenoxy) is 1. The van der Waals surface area contributed by atoms with Crippen molar-refractivity contribution in [2.45, 2.75) is 13.3 Å². The molecule has 0 bridgehead atoms. The van der Waals surface area contributed by atoms with Crippen LogP contribution in [0.15, 0.2) is 18.3 Å². The lowest BCUT2D eigenvalue weighted by atomic mass is 10.2. The summed E-state index contributed by atoms with van der Waals surface area (Å²) in [6.45, 7) is 1.53. The molecule has 0 saturated carbocycles. The van der Waals surface area contributed by atoms with Gasteiger partial charge >= 0.3 is 0 Å². The highest BCUT2D eigenvalue weighted by Gasteiger charge is 2.15. The van der Waals surface area contributed by atoms with E-state index in [0.29, 0.717) is 6.54 Å². The summed E-state index contributed by atoms with van der Waals surface area (Å²) in [7, 11) is 0. The largest absolute Gasteiger partial charge is 0.472 e. The standard InChI is InChI=1S/C12H16F2N2O3/c1-2-16(5-6-17)12(18)9-3-4-15-11(7-9)19-8-10(13)14/h3-4,7,10,17H,2,5-6,8H2,1H3. The number of likely N-dealkylation sites (N-methyl/N-ethyl adjacent to an activating group) is 1. The molecule has 1 heterocycles. The molecule has 0 radical (unpaired) electrons. The monoisotopic (exact) mass is 274 g/mol. The van der Waals surface area contributed by atoms with E-state index >= 15 is 0 Å². The van der Waals surface area contributed by atoms with Crippen LogP contribution in [0.25, 0.3) is 0 Å². The predicted molar refractivity (Wildman–Crippen MR) is 64.4 cm³/mol. The maximum atomic E-state index is 12.0. The van der Waals surface area contributed by atoms with Gasteiger partial charge in [-0.1, -0.05) is 0 Å². The number of aromatic nitrogens is 1. The Morgan fingerprint density at radius 2 is 2.32 bits per heavy atom. The Bertz CT molecular complexity index is 416. The van der Waals surface area contributed by atoms with Crippen molar-refractivity contribution in [1.82, 2.24) is 9.88 Å². The lowest BCUT2D eigenvalue weighted by molar-refractivity contribution is 0.0727. The summed E-state index contributed by atoms with van der Waals surface area (Å²) in [6, 6.07) is 2.78. The van der Waals surface area contributed by atoms with Crippen molar-refractivity contribution in [3.63, 3.8) is 0 Å². The van der Waals surface area contributed by atoms with Gasteiger partial charge in [0.15, 0.2) is 6.61 Å². The first kappa shape index (κ1) is 15.3. The molecule has 5 nitrogen and oxygen atoms in total. The van der Waals surface area contributed by atoms with Gasteiger partial charge in [0.1, 0.15) is 0 Å². The molecule has 19 heavy (non-hydrogen) atoms. The number of nitrogens with zero attached hydrogens (tertiary/aromatic N) is 2. The summed E-state index contributed by atoms with van der Waals surface area (Å²) in [5.41, 5.74) is 0.287. The summed E-state index contributed by atoms with van der Waals surface area (Å²) < 4.78 is 28.8. The Morgan fingerprint density at radius 3 is 2.89 bits per heavy atom. The van der Waals surface area contributed by atoms with Crippen molar-refractivity contribution in [2.24, 2.45) is 0 Å². The number of aliphatic hydroxyl groups excluding tert-OH is 1. The van der Waals surface area contributed by atoms with E-state index < -0.39 is 13.0 Å². The van der Waals surface area contributed by atoms with Crippen LogP contribution in [0.4, 0.5) is 8.78 Å². The van der Waals surface area contributed by atoms with Gasteiger partial charge in [0, 0.05) is 30.9 Å². The number of pyridine rings is 1. The second-order valence-electron chi connectivity index (χ2n) is 3.69. The zero-order valence-electron chi connectivity index (χ0n) is 10.6. The average molecular weight is 274 g/mol. The molecule has 0 aliphatic carbocycles. The van der Waals surface area contributed by atoms with Gasteiger partial charge in [0.05, 0.1) is 6.61 Å². The fraction of sp³-hybridized carbons (Fsp3) is 0.500. The number of hydrogen-bond acceptors (Lipinski definition) is 4. The zero-order valence-corrected chi connectivity index (χ0v) is 10.6. The molecule has 1 rings (SSSR count). The molecule has 1 N–H and O–H groups in total. The van der Waals surface area contributed by atoms with Crippen molar-refractivity contribution >= 4 is 5.91 Å². The van der Waals surface area contributed by atoms with Gasteiger partial charge in [0.2, 0.25) is 5.88 Å². The van der Waals surface area contributed by atoms with Crippen molar-refractivity contribution in [3.05, 3.63) is 23.9 Å². The Hall–Kier alpha value is -1.76. The van der Waals surface area contributed by atoms with E-state index in [1.807, 2.05) is 0 Å². The van der Waals surface area contributed by atoms with Crippen LogP contribution in [0.3, 0.4) is 0 Å². The Kier molecular flexibility index (Phi) is 6.14. The topological polar surface area (TPSA) is 62.7 Å². The number of aliphatic hydroxyl groups is 1. The van der Waals surface area contributed by atoms with Crippen LogP contribution in [-0.2, 0) is 0 Å². The summed E-state index contributed by atoms with van der Waals surface area (Å²) in [4.78, 5) is 17.2. The number of carbonyl (C=O) groups is 1. The molecule has 0 unspecified atom stereocenters. The molecule has 0 aromatic carbocycles. The average Bonchev–Trinajstić information content (AvgIpc) is 2.42. The Labute approximate surface area is 109 Å². The van der Waals surface area contributed by atoms with E-state index in [1.54, 1.807) is 6.92 Å². The molecule has 0 aliphatic heterocycles. The third-order valence-corrected chi connectivity index (χ3v) is 2.38. The number of halogens is 2. The fourth-order valence-corrected chi connectivity index (χ4v) is 1.48. The maximum absolute atomic E-state index is 12.0. The van der Waals surface area contributed by atoms with Crippen molar-refractivity contribution < 1.29 is 23.4 Å². The minimum atomic E-state index is -2.59. The van der Waals surface area contributed by atoms with Crippen LogP contribution in [0.5, 0.6) is 5.88 Å². The highest BCUT2D eigenvalue weighted by molar-refractivity contribution is 5.94. The summed E-state index contributed by atoms with van der Waals surface area (Å²) in [6.07, 6.45) is -1.27. The van der Waals surface area contributed by atoms with E-state index in [1.165, 1.54) is 23.2 Å². The third kappa shape index (κ3) is 4.78. The number of amides is 1. The van der Waals surface area contributed by atoms with Crippen LogP contribution in [0.1, 0.15) is 17.3 Å². The number of carbonyl (C=O) groups excluding carboxylic acids is 1. The zero-order chi connectivity index (χ0) is 14.3. The van der Waals surface area contributed by atoms with Gasteiger partial charge in [-0.2, -0.15) is 0 Å². The molecule has 7 heteroatoms. The van der Waals surface area contributed by atoms with E-state index in [9.17, 15) is 13.6 Å². The molecule has 0 spiro atoms. The number of hydrogen-bond donors (Lipinski definition) is 1. The summed E-state index contributed by atoms with van der Waals surface area (Å²) in [5.74, 6) is -0.327. The predicted octanol–water partition coefficient (Wildman–Crippen LogP) is 1.18. The van der Waals surface area contributed by atoms with Crippen LogP contribution in [-0.4, -0.2) is 53.6 Å². The van der Waals surface area contributed by atoms with Crippen LogP contribution < -0.4 is 4.74 Å². The highest BCUT2D eigenvalue weighted by atomic mass is 19.3. The second kappa shape index (κ2) is 7.63. The van der Waals surface area contributed by atoms with Gasteiger partial charge < -0.3 is 14.7 Å². The Balaban J connectivity index is 2.77. The van der Waals surface area contributed by atoms with E-state index in [2.05, 4.69) is 4.98 Å². The van der Waals surface area contributed by atoms with Gasteiger partial charge in [-0.15, -0.1) is 0 Å².